The van der Waals surface area contributed by atoms with Gasteiger partial charge in [0.2, 0.25) is 0 Å². The van der Waals surface area contributed by atoms with Gasteiger partial charge >= 0.3 is 0 Å². The SMILES string of the molecule is c1ccc(-c2ccc(N(c3ccccc3-c3ccccc3)c3cccc4c3Sc3ccccc3-c3cccc5cccc-4c35)cc2)cc1. The van der Waals surface area contributed by atoms with E-state index in [1.165, 1.54) is 65.1 Å². The van der Waals surface area contributed by atoms with Crippen molar-refractivity contribution in [1.82, 2.24) is 0 Å². The summed E-state index contributed by atoms with van der Waals surface area (Å²) in [5, 5.41) is 2.56. The van der Waals surface area contributed by atoms with Gasteiger partial charge < -0.3 is 4.90 Å². The third-order valence-corrected chi connectivity index (χ3v) is 10.5. The zero-order valence-electron chi connectivity index (χ0n) is 26.3. The Morgan fingerprint density at radius 3 is 1.60 bits per heavy atom. The van der Waals surface area contributed by atoms with Gasteiger partial charge in [-0.15, -0.1) is 0 Å². The Hall–Kier alpha value is -5.83. The van der Waals surface area contributed by atoms with E-state index in [2.05, 4.69) is 193 Å². The van der Waals surface area contributed by atoms with Crippen molar-refractivity contribution >= 4 is 39.6 Å². The minimum Gasteiger partial charge on any atom is -0.309 e. The summed E-state index contributed by atoms with van der Waals surface area (Å²) >= 11 is 1.87. The van der Waals surface area contributed by atoms with Crippen LogP contribution in [0.3, 0.4) is 0 Å². The Kier molecular flexibility index (Phi) is 7.14. The highest BCUT2D eigenvalue weighted by atomic mass is 32.2. The summed E-state index contributed by atoms with van der Waals surface area (Å²) < 4.78 is 0. The maximum absolute atomic E-state index is 2.46. The number of fused-ring (bicyclic) bond motifs is 4. The number of hydrogen-bond donors (Lipinski definition) is 0. The van der Waals surface area contributed by atoms with E-state index in [4.69, 9.17) is 0 Å². The molecule has 1 aliphatic heterocycles. The molecule has 9 rings (SSSR count). The Morgan fingerprint density at radius 2 is 0.854 bits per heavy atom. The van der Waals surface area contributed by atoms with Gasteiger partial charge in [0.1, 0.15) is 0 Å². The van der Waals surface area contributed by atoms with Gasteiger partial charge in [-0.25, -0.2) is 0 Å². The second kappa shape index (κ2) is 12.1. The summed E-state index contributed by atoms with van der Waals surface area (Å²) in [6, 6.07) is 68.2. The molecule has 0 saturated heterocycles. The molecule has 2 heteroatoms. The zero-order chi connectivity index (χ0) is 31.9. The van der Waals surface area contributed by atoms with E-state index in [-0.39, 0.29) is 0 Å². The molecule has 8 aromatic carbocycles. The number of anilines is 3. The predicted molar refractivity (Wildman–Crippen MR) is 204 cm³/mol. The molecule has 0 N–H and O–H groups in total. The summed E-state index contributed by atoms with van der Waals surface area (Å²) in [6.45, 7) is 0. The first kappa shape index (κ1) is 28.4. The highest BCUT2D eigenvalue weighted by Crippen LogP contribution is 2.53. The summed E-state index contributed by atoms with van der Waals surface area (Å²) in [5.41, 5.74) is 13.2. The lowest BCUT2D eigenvalue weighted by Gasteiger charge is -2.31. The summed E-state index contributed by atoms with van der Waals surface area (Å²) in [4.78, 5) is 4.95. The van der Waals surface area contributed by atoms with Crippen LogP contribution < -0.4 is 4.90 Å². The smallest absolute Gasteiger partial charge is 0.0607 e. The fourth-order valence-electron chi connectivity index (χ4n) is 7.07. The van der Waals surface area contributed by atoms with Crippen molar-refractivity contribution in [2.45, 2.75) is 9.79 Å². The van der Waals surface area contributed by atoms with Gasteiger partial charge in [0.05, 0.1) is 11.4 Å². The van der Waals surface area contributed by atoms with Crippen molar-refractivity contribution in [2.75, 3.05) is 4.90 Å². The molecule has 48 heavy (non-hydrogen) atoms. The van der Waals surface area contributed by atoms with Crippen LogP contribution in [0, 0.1) is 0 Å². The van der Waals surface area contributed by atoms with Gasteiger partial charge in [-0.3, -0.25) is 0 Å². The average molecular weight is 630 g/mol. The molecule has 0 fully saturated rings. The number of para-hydroxylation sites is 1. The van der Waals surface area contributed by atoms with E-state index < -0.39 is 0 Å². The molecule has 0 atom stereocenters. The first-order valence-corrected chi connectivity index (χ1v) is 17.2. The third-order valence-electron chi connectivity index (χ3n) is 9.28. The third kappa shape index (κ3) is 4.90. The molecular weight excluding hydrogens is 599 g/mol. The van der Waals surface area contributed by atoms with Crippen LogP contribution >= 0.6 is 11.8 Å². The molecule has 0 bridgehead atoms. The molecule has 1 aliphatic rings. The Bertz CT molecular complexity index is 2410. The van der Waals surface area contributed by atoms with E-state index in [9.17, 15) is 0 Å². The molecule has 0 amide bonds. The summed E-state index contributed by atoms with van der Waals surface area (Å²) in [7, 11) is 0. The summed E-state index contributed by atoms with van der Waals surface area (Å²) in [6.07, 6.45) is 0. The molecule has 0 radical (unpaired) electrons. The first-order chi connectivity index (χ1) is 23.8. The maximum Gasteiger partial charge on any atom is 0.0607 e. The number of nitrogens with zero attached hydrogens (tertiary/aromatic N) is 1. The van der Waals surface area contributed by atoms with Crippen molar-refractivity contribution in [3.05, 3.63) is 188 Å². The van der Waals surface area contributed by atoms with E-state index in [1.807, 2.05) is 11.8 Å². The Labute approximate surface area is 285 Å². The number of benzene rings is 8. The maximum atomic E-state index is 2.46. The van der Waals surface area contributed by atoms with E-state index >= 15 is 0 Å². The van der Waals surface area contributed by atoms with Crippen molar-refractivity contribution in [2.24, 2.45) is 0 Å². The van der Waals surface area contributed by atoms with Gasteiger partial charge in [0.15, 0.2) is 0 Å². The van der Waals surface area contributed by atoms with Crippen LogP contribution in [0.5, 0.6) is 0 Å². The van der Waals surface area contributed by atoms with Crippen LogP contribution in [0.25, 0.3) is 55.3 Å². The molecule has 0 saturated carbocycles. The number of hydrogen-bond acceptors (Lipinski definition) is 2. The van der Waals surface area contributed by atoms with Crippen LogP contribution in [0.1, 0.15) is 0 Å². The molecule has 1 heterocycles. The van der Waals surface area contributed by atoms with Gasteiger partial charge in [-0.05, 0) is 80.0 Å². The van der Waals surface area contributed by atoms with Crippen LogP contribution in [0.4, 0.5) is 17.1 Å². The van der Waals surface area contributed by atoms with E-state index in [0.29, 0.717) is 0 Å². The standard InChI is InChI=1S/C46H31NS/c1-3-14-32(15-4-1)33-28-30-36(31-29-33)47(42-25-9-7-20-37(42)34-16-5-2-6-17-34)43-26-13-24-41-40-23-12-19-35-18-11-22-39(45(35)40)38-21-8-10-27-44(38)48-46(41)43/h1-31H. The molecule has 8 aromatic rings. The lowest BCUT2D eigenvalue weighted by molar-refractivity contribution is 1.23. The average Bonchev–Trinajstić information content (AvgIpc) is 3.16. The normalized spacial score (nSPS) is 11.7. The number of rotatable bonds is 5. The van der Waals surface area contributed by atoms with E-state index in [0.717, 1.165) is 17.1 Å². The van der Waals surface area contributed by atoms with Gasteiger partial charge in [-0.2, -0.15) is 0 Å². The van der Waals surface area contributed by atoms with Crippen molar-refractivity contribution in [3.8, 4) is 44.5 Å². The second-order valence-corrected chi connectivity index (χ2v) is 13.1. The largest absolute Gasteiger partial charge is 0.309 e. The summed E-state index contributed by atoms with van der Waals surface area (Å²) in [5.74, 6) is 0. The van der Waals surface area contributed by atoms with Crippen molar-refractivity contribution in [1.29, 1.82) is 0 Å². The molecule has 0 aromatic heterocycles. The van der Waals surface area contributed by atoms with Crippen molar-refractivity contribution < 1.29 is 0 Å². The topological polar surface area (TPSA) is 3.24 Å². The predicted octanol–water partition coefficient (Wildman–Crippen LogP) is 13.4. The molecule has 0 unspecified atom stereocenters. The zero-order valence-corrected chi connectivity index (χ0v) is 27.1. The first-order valence-electron chi connectivity index (χ1n) is 16.4. The van der Waals surface area contributed by atoms with Gasteiger partial charge in [0.25, 0.3) is 0 Å². The molecule has 1 nitrogen and oxygen atoms in total. The van der Waals surface area contributed by atoms with Crippen LogP contribution in [0.15, 0.2) is 198 Å². The lowest BCUT2D eigenvalue weighted by atomic mass is 9.91. The minimum atomic E-state index is 1.11. The quantitative estimate of drug-likeness (QED) is 0.186. The minimum absolute atomic E-state index is 1.11. The van der Waals surface area contributed by atoms with Gasteiger partial charge in [-0.1, -0.05) is 169 Å². The molecule has 0 spiro atoms. The molecular formula is C46H31NS. The Morgan fingerprint density at radius 1 is 0.333 bits per heavy atom. The molecule has 226 valence electrons. The van der Waals surface area contributed by atoms with Crippen LogP contribution in [0.2, 0.25) is 0 Å². The fraction of sp³-hybridized carbons (Fsp3) is 0. The van der Waals surface area contributed by atoms with Crippen LogP contribution in [-0.2, 0) is 0 Å². The van der Waals surface area contributed by atoms with E-state index in [1.54, 1.807) is 0 Å². The fourth-order valence-corrected chi connectivity index (χ4v) is 8.28. The highest BCUT2D eigenvalue weighted by Gasteiger charge is 2.26. The lowest BCUT2D eigenvalue weighted by Crippen LogP contribution is -2.13. The second-order valence-electron chi connectivity index (χ2n) is 12.1. The van der Waals surface area contributed by atoms with Gasteiger partial charge in [0, 0.05) is 21.0 Å². The van der Waals surface area contributed by atoms with Crippen LogP contribution in [-0.4, -0.2) is 0 Å². The highest BCUT2D eigenvalue weighted by molar-refractivity contribution is 7.99. The van der Waals surface area contributed by atoms with Crippen molar-refractivity contribution in [3.63, 3.8) is 0 Å². The Balaban J connectivity index is 1.33. The monoisotopic (exact) mass is 629 g/mol. The molecule has 0 aliphatic carbocycles.